The molecule has 0 unspecified atom stereocenters. The van der Waals surface area contributed by atoms with Gasteiger partial charge in [0.25, 0.3) is 0 Å². The Morgan fingerprint density at radius 3 is 1.88 bits per heavy atom. The Hall–Kier alpha value is -1.10. The van der Waals surface area contributed by atoms with E-state index in [0.29, 0.717) is 30.2 Å². The summed E-state index contributed by atoms with van der Waals surface area (Å²) in [4.78, 5) is 31.8. The van der Waals surface area contributed by atoms with Gasteiger partial charge in [0, 0.05) is 45.2 Å². The minimum atomic E-state index is 0.218. The Balaban J connectivity index is 1.29. The van der Waals surface area contributed by atoms with E-state index in [1.807, 2.05) is 18.7 Å². The molecule has 1 heterocycles. The van der Waals surface area contributed by atoms with Gasteiger partial charge in [-0.2, -0.15) is 0 Å². The predicted octanol–water partition coefficient (Wildman–Crippen LogP) is 2.07. The van der Waals surface area contributed by atoms with Crippen molar-refractivity contribution in [2.24, 2.45) is 29.6 Å². The zero-order chi connectivity index (χ0) is 18.3. The second-order valence-electron chi connectivity index (χ2n) is 9.12. The minimum absolute atomic E-state index is 0.218. The van der Waals surface area contributed by atoms with Gasteiger partial charge in [-0.3, -0.25) is 14.5 Å². The monoisotopic (exact) mass is 361 g/mol. The average Bonchev–Trinajstić information content (AvgIpc) is 2.62. The van der Waals surface area contributed by atoms with Crippen LogP contribution in [0.1, 0.15) is 46.0 Å². The first-order chi connectivity index (χ1) is 12.6. The van der Waals surface area contributed by atoms with Gasteiger partial charge in [0.2, 0.25) is 11.8 Å². The van der Waals surface area contributed by atoms with Crippen LogP contribution < -0.4 is 0 Å². The lowest BCUT2D eigenvalue weighted by Gasteiger charge is -2.54. The van der Waals surface area contributed by atoms with Gasteiger partial charge in [-0.1, -0.05) is 0 Å². The Kier molecular flexibility index (Phi) is 5.27. The number of piperazine rings is 1. The lowest BCUT2D eigenvalue weighted by molar-refractivity contribution is -0.151. The molecule has 5 rings (SSSR count). The molecule has 0 N–H and O–H groups in total. The van der Waals surface area contributed by atoms with Crippen molar-refractivity contribution < 1.29 is 9.59 Å². The highest BCUT2D eigenvalue weighted by Gasteiger charge is 2.51. The topological polar surface area (TPSA) is 43.9 Å². The molecule has 4 saturated carbocycles. The van der Waals surface area contributed by atoms with Crippen molar-refractivity contribution in [3.63, 3.8) is 0 Å². The summed E-state index contributed by atoms with van der Waals surface area (Å²) in [6.07, 6.45) is 6.67. The third kappa shape index (κ3) is 3.39. The summed E-state index contributed by atoms with van der Waals surface area (Å²) < 4.78 is 0. The van der Waals surface area contributed by atoms with E-state index in [4.69, 9.17) is 0 Å². The molecule has 5 heteroatoms. The van der Waals surface area contributed by atoms with Crippen molar-refractivity contribution in [3.8, 4) is 0 Å². The highest BCUT2D eigenvalue weighted by Crippen LogP contribution is 2.56. The van der Waals surface area contributed by atoms with Crippen LogP contribution in [0.4, 0.5) is 0 Å². The van der Waals surface area contributed by atoms with Crippen LogP contribution in [0, 0.1) is 29.6 Å². The Labute approximate surface area is 158 Å². The molecule has 0 aromatic rings. The molecule has 0 atom stereocenters. The largest absolute Gasteiger partial charge is 0.342 e. The molecule has 1 aliphatic heterocycles. The van der Waals surface area contributed by atoms with Crippen molar-refractivity contribution in [1.29, 1.82) is 0 Å². The lowest BCUT2D eigenvalue weighted by Crippen LogP contribution is -2.56. The van der Waals surface area contributed by atoms with E-state index in [0.717, 1.165) is 51.1 Å². The molecule has 2 amide bonds. The summed E-state index contributed by atoms with van der Waals surface area (Å²) in [6, 6.07) is 0. The highest BCUT2D eigenvalue weighted by molar-refractivity contribution is 5.80. The zero-order valence-corrected chi connectivity index (χ0v) is 16.5. The minimum Gasteiger partial charge on any atom is -0.342 e. The van der Waals surface area contributed by atoms with Gasteiger partial charge in [0.05, 0.1) is 6.54 Å². The number of hydrogen-bond acceptors (Lipinski definition) is 3. The first kappa shape index (κ1) is 18.3. The molecule has 5 fully saturated rings. The third-order valence-corrected chi connectivity index (χ3v) is 7.67. The molecule has 0 aromatic carbocycles. The van der Waals surface area contributed by atoms with Gasteiger partial charge >= 0.3 is 0 Å². The van der Waals surface area contributed by atoms with Crippen molar-refractivity contribution in [2.45, 2.75) is 46.0 Å². The van der Waals surface area contributed by atoms with Crippen LogP contribution in [0.25, 0.3) is 0 Å². The van der Waals surface area contributed by atoms with Crippen LogP contribution in [0.5, 0.6) is 0 Å². The SMILES string of the molecule is CCN(CC)C(=O)CN1CCN(C(=O)C2C3CC4CC(C3)CC2C4)CC1. The smallest absolute Gasteiger partial charge is 0.236 e. The van der Waals surface area contributed by atoms with Crippen molar-refractivity contribution in [1.82, 2.24) is 14.7 Å². The molecule has 4 aliphatic carbocycles. The normalized spacial score (nSPS) is 36.4. The summed E-state index contributed by atoms with van der Waals surface area (Å²) in [5.41, 5.74) is 0. The van der Waals surface area contributed by atoms with Gasteiger partial charge in [0.15, 0.2) is 0 Å². The molecule has 0 spiro atoms. The molecule has 26 heavy (non-hydrogen) atoms. The van der Waals surface area contributed by atoms with Crippen LogP contribution in [0.3, 0.4) is 0 Å². The van der Waals surface area contributed by atoms with E-state index in [1.165, 1.54) is 32.1 Å². The summed E-state index contributed by atoms with van der Waals surface area (Å²) >= 11 is 0. The van der Waals surface area contributed by atoms with Crippen LogP contribution in [-0.4, -0.2) is 72.3 Å². The van der Waals surface area contributed by atoms with E-state index in [-0.39, 0.29) is 5.91 Å². The van der Waals surface area contributed by atoms with Gasteiger partial charge in [-0.05, 0) is 69.6 Å². The van der Waals surface area contributed by atoms with Gasteiger partial charge < -0.3 is 9.80 Å². The van der Waals surface area contributed by atoms with Crippen LogP contribution in [-0.2, 0) is 9.59 Å². The molecule has 5 aliphatic rings. The Morgan fingerprint density at radius 2 is 1.38 bits per heavy atom. The van der Waals surface area contributed by atoms with Crippen molar-refractivity contribution >= 4 is 11.8 Å². The number of amides is 2. The number of carbonyl (C=O) groups excluding carboxylic acids is 2. The highest BCUT2D eigenvalue weighted by atomic mass is 16.2. The number of carbonyl (C=O) groups is 2. The fourth-order valence-electron chi connectivity index (χ4n) is 6.53. The number of hydrogen-bond donors (Lipinski definition) is 0. The summed E-state index contributed by atoms with van der Waals surface area (Å²) in [5.74, 6) is 4.15. The maximum absolute atomic E-state index is 13.3. The molecule has 5 nitrogen and oxygen atoms in total. The van der Waals surface area contributed by atoms with Gasteiger partial charge in [-0.25, -0.2) is 0 Å². The van der Waals surface area contributed by atoms with Gasteiger partial charge in [0.1, 0.15) is 0 Å². The number of rotatable bonds is 5. The van der Waals surface area contributed by atoms with Crippen LogP contribution in [0.15, 0.2) is 0 Å². The molecular formula is C21H35N3O2. The Morgan fingerprint density at radius 1 is 0.846 bits per heavy atom. The molecule has 0 aromatic heterocycles. The summed E-state index contributed by atoms with van der Waals surface area (Å²) in [6.45, 7) is 9.40. The van der Waals surface area contributed by atoms with E-state index >= 15 is 0 Å². The van der Waals surface area contributed by atoms with E-state index in [9.17, 15) is 9.59 Å². The molecular weight excluding hydrogens is 326 g/mol. The van der Waals surface area contributed by atoms with Crippen LogP contribution in [0.2, 0.25) is 0 Å². The lowest BCUT2D eigenvalue weighted by atomic mass is 9.51. The Bertz CT molecular complexity index is 509. The molecule has 146 valence electrons. The summed E-state index contributed by atoms with van der Waals surface area (Å²) in [5, 5.41) is 0. The zero-order valence-electron chi connectivity index (χ0n) is 16.5. The average molecular weight is 362 g/mol. The quantitative estimate of drug-likeness (QED) is 0.753. The number of likely N-dealkylation sites (N-methyl/N-ethyl adjacent to an activating group) is 1. The molecule has 1 saturated heterocycles. The fraction of sp³-hybridized carbons (Fsp3) is 0.905. The van der Waals surface area contributed by atoms with E-state index in [1.54, 1.807) is 0 Å². The van der Waals surface area contributed by atoms with Crippen molar-refractivity contribution in [3.05, 3.63) is 0 Å². The van der Waals surface area contributed by atoms with Crippen LogP contribution >= 0.6 is 0 Å². The second-order valence-corrected chi connectivity index (χ2v) is 9.12. The first-order valence-electron chi connectivity index (χ1n) is 10.9. The van der Waals surface area contributed by atoms with Crippen molar-refractivity contribution in [2.75, 3.05) is 45.8 Å². The molecule has 0 radical (unpaired) electrons. The second kappa shape index (κ2) is 7.49. The molecule has 4 bridgehead atoms. The van der Waals surface area contributed by atoms with Gasteiger partial charge in [-0.15, -0.1) is 0 Å². The maximum atomic E-state index is 13.3. The fourth-order valence-corrected chi connectivity index (χ4v) is 6.53. The van der Waals surface area contributed by atoms with E-state index in [2.05, 4.69) is 9.80 Å². The number of nitrogens with zero attached hydrogens (tertiary/aromatic N) is 3. The first-order valence-corrected chi connectivity index (χ1v) is 10.9. The van der Waals surface area contributed by atoms with E-state index < -0.39 is 0 Å². The maximum Gasteiger partial charge on any atom is 0.236 e. The summed E-state index contributed by atoms with van der Waals surface area (Å²) in [7, 11) is 0. The standard InChI is InChI=1S/C21H35N3O2/c1-3-23(4-2)19(25)14-22-5-7-24(8-6-22)21(26)20-17-10-15-9-16(12-17)13-18(20)11-15/h15-18,20H,3-14H2,1-2H3. The third-order valence-electron chi connectivity index (χ3n) is 7.67. The predicted molar refractivity (Wildman–Crippen MR) is 101 cm³/mol.